The van der Waals surface area contributed by atoms with Gasteiger partial charge in [0.05, 0.1) is 0 Å². The molecule has 0 aromatic carbocycles. The lowest BCUT2D eigenvalue weighted by Gasteiger charge is -2.19. The van der Waals surface area contributed by atoms with E-state index in [-0.39, 0.29) is 40.9 Å². The summed E-state index contributed by atoms with van der Waals surface area (Å²) < 4.78 is 29.1. The van der Waals surface area contributed by atoms with Crippen LogP contribution in [0.15, 0.2) is 6.07 Å². The van der Waals surface area contributed by atoms with E-state index in [0.717, 1.165) is 35.5 Å². The van der Waals surface area contributed by atoms with Crippen LogP contribution in [0.1, 0.15) is 33.8 Å². The monoisotopic (exact) mass is 340 g/mol. The second kappa shape index (κ2) is 7.91. The minimum atomic E-state index is -2.93. The summed E-state index contributed by atoms with van der Waals surface area (Å²) in [6.45, 7) is -0.661. The zero-order valence-electron chi connectivity index (χ0n) is 11.6. The molecule has 4 nitrogen and oxygen atoms in total. The van der Waals surface area contributed by atoms with Crippen LogP contribution in [0.3, 0.4) is 0 Å². The Kier molecular flexibility index (Phi) is 6.83. The largest absolute Gasteiger partial charge is 0.433 e. The maximum atomic E-state index is 12.3. The third-order valence-corrected chi connectivity index (χ3v) is 4.55. The van der Waals surface area contributed by atoms with Gasteiger partial charge in [-0.25, -0.2) is 0 Å². The highest BCUT2D eigenvalue weighted by Crippen LogP contribution is 2.31. The van der Waals surface area contributed by atoms with Gasteiger partial charge in [0, 0.05) is 10.9 Å². The van der Waals surface area contributed by atoms with Gasteiger partial charge in [0.2, 0.25) is 0 Å². The smallest absolute Gasteiger partial charge is 0.387 e. The quantitative estimate of drug-likeness (QED) is 0.866. The van der Waals surface area contributed by atoms with E-state index in [1.807, 2.05) is 0 Å². The molecule has 0 bridgehead atoms. The topological polar surface area (TPSA) is 64.3 Å². The lowest BCUT2D eigenvalue weighted by atomic mass is 10.0. The number of alkyl halides is 2. The van der Waals surface area contributed by atoms with E-state index in [2.05, 4.69) is 10.1 Å². The number of ether oxygens (including phenoxy) is 1. The number of thiophene rings is 1. The van der Waals surface area contributed by atoms with Crippen molar-refractivity contribution in [3.05, 3.63) is 15.8 Å². The molecule has 2 atom stereocenters. The van der Waals surface area contributed by atoms with E-state index < -0.39 is 6.61 Å². The average Bonchev–Trinajstić information content (AvgIpc) is 2.95. The Morgan fingerprint density at radius 3 is 2.90 bits per heavy atom. The summed E-state index contributed by atoms with van der Waals surface area (Å²) in [4.78, 5) is 13.2. The molecule has 1 aromatic heterocycles. The van der Waals surface area contributed by atoms with E-state index in [1.54, 1.807) is 6.92 Å². The number of rotatable bonds is 5. The number of amides is 1. The Hall–Kier alpha value is -0.920. The average molecular weight is 341 g/mol. The first-order valence-electron chi connectivity index (χ1n) is 6.57. The molecule has 1 saturated carbocycles. The van der Waals surface area contributed by atoms with Gasteiger partial charge >= 0.3 is 6.61 Å². The van der Waals surface area contributed by atoms with Crippen LogP contribution in [-0.2, 0) is 0 Å². The molecule has 8 heteroatoms. The first kappa shape index (κ1) is 18.1. The molecule has 0 aliphatic heterocycles. The zero-order valence-corrected chi connectivity index (χ0v) is 13.2. The zero-order chi connectivity index (χ0) is 14.7. The maximum absolute atomic E-state index is 12.3. The number of carbonyl (C=O) groups excluding carboxylic acids is 1. The molecule has 2 unspecified atom stereocenters. The molecule has 1 heterocycles. The second-order valence-corrected chi connectivity index (χ2v) is 6.19. The highest BCUT2D eigenvalue weighted by atomic mass is 35.5. The lowest BCUT2D eigenvalue weighted by molar-refractivity contribution is -0.0498. The highest BCUT2D eigenvalue weighted by molar-refractivity contribution is 7.14. The molecule has 1 fully saturated rings. The second-order valence-electron chi connectivity index (χ2n) is 4.94. The molecule has 21 heavy (non-hydrogen) atoms. The predicted octanol–water partition coefficient (Wildman–Crippen LogP) is 2.94. The molecule has 0 spiro atoms. The van der Waals surface area contributed by atoms with E-state index in [9.17, 15) is 13.6 Å². The molecule has 120 valence electrons. The van der Waals surface area contributed by atoms with Crippen molar-refractivity contribution < 1.29 is 18.3 Å². The van der Waals surface area contributed by atoms with Crippen LogP contribution in [0, 0.1) is 12.8 Å². The van der Waals surface area contributed by atoms with E-state index >= 15 is 0 Å². The summed E-state index contributed by atoms with van der Waals surface area (Å²) in [5.74, 6) is -0.147. The Balaban J connectivity index is 0.00000220. The molecule has 2 rings (SSSR count). The van der Waals surface area contributed by atoms with Crippen LogP contribution in [0.4, 0.5) is 8.78 Å². The molecule has 1 aliphatic rings. The van der Waals surface area contributed by atoms with Gasteiger partial charge in [-0.1, -0.05) is 6.42 Å². The normalized spacial score (nSPS) is 21.2. The molecule has 1 aromatic rings. The van der Waals surface area contributed by atoms with Gasteiger partial charge in [-0.2, -0.15) is 8.78 Å². The molecular formula is C13H19ClF2N2O2S. The van der Waals surface area contributed by atoms with Crippen molar-refractivity contribution in [1.82, 2.24) is 5.32 Å². The number of hydrogen-bond acceptors (Lipinski definition) is 4. The molecule has 0 radical (unpaired) electrons. The fraction of sp³-hybridized carbons (Fsp3) is 0.615. The summed E-state index contributed by atoms with van der Waals surface area (Å²) in [6.07, 6.45) is 2.89. The van der Waals surface area contributed by atoms with Gasteiger partial charge in [0.15, 0.2) is 0 Å². The van der Waals surface area contributed by atoms with Crippen LogP contribution in [0.5, 0.6) is 5.75 Å². The van der Waals surface area contributed by atoms with Crippen molar-refractivity contribution in [2.24, 2.45) is 11.7 Å². The van der Waals surface area contributed by atoms with E-state index in [4.69, 9.17) is 5.73 Å². The number of hydrogen-bond donors (Lipinski definition) is 2. The van der Waals surface area contributed by atoms with Gasteiger partial charge in [0.1, 0.15) is 10.6 Å². The van der Waals surface area contributed by atoms with Gasteiger partial charge < -0.3 is 15.8 Å². The SMILES string of the molecule is Cc1cc(OC(F)F)c(C(=O)NC2CCCC2CN)s1.Cl. The third-order valence-electron chi connectivity index (χ3n) is 3.52. The van der Waals surface area contributed by atoms with Gasteiger partial charge in [-0.3, -0.25) is 4.79 Å². The van der Waals surface area contributed by atoms with Crippen molar-refractivity contribution >= 4 is 29.7 Å². The summed E-state index contributed by atoms with van der Waals surface area (Å²) >= 11 is 1.16. The molecule has 3 N–H and O–H groups in total. The summed E-state index contributed by atoms with van der Waals surface area (Å²) in [5, 5.41) is 2.89. The Morgan fingerprint density at radius 1 is 1.57 bits per heavy atom. The number of nitrogens with two attached hydrogens (primary N) is 1. The third kappa shape index (κ3) is 4.52. The Morgan fingerprint density at radius 2 is 2.29 bits per heavy atom. The fourth-order valence-corrected chi connectivity index (χ4v) is 3.42. The summed E-state index contributed by atoms with van der Waals surface area (Å²) in [7, 11) is 0. The van der Waals surface area contributed by atoms with Crippen LogP contribution in [0.25, 0.3) is 0 Å². The highest BCUT2D eigenvalue weighted by Gasteiger charge is 2.29. The summed E-state index contributed by atoms with van der Waals surface area (Å²) in [5.41, 5.74) is 5.67. The number of halogens is 3. The number of carbonyl (C=O) groups is 1. The van der Waals surface area contributed by atoms with Crippen LogP contribution >= 0.6 is 23.7 Å². The van der Waals surface area contributed by atoms with Crippen LogP contribution in [-0.4, -0.2) is 25.1 Å². The number of aryl methyl sites for hydroxylation is 1. The van der Waals surface area contributed by atoms with Gasteiger partial charge in [-0.15, -0.1) is 23.7 Å². The minimum Gasteiger partial charge on any atom is -0.433 e. The van der Waals surface area contributed by atoms with E-state index in [1.165, 1.54) is 6.07 Å². The van der Waals surface area contributed by atoms with Crippen molar-refractivity contribution in [2.75, 3.05) is 6.54 Å². The maximum Gasteiger partial charge on any atom is 0.387 e. The van der Waals surface area contributed by atoms with Gasteiger partial charge in [-0.05, 0) is 38.3 Å². The van der Waals surface area contributed by atoms with Gasteiger partial charge in [0.25, 0.3) is 5.91 Å². The number of nitrogens with one attached hydrogen (secondary N) is 1. The Labute approximate surface area is 132 Å². The molecule has 1 amide bonds. The predicted molar refractivity (Wildman–Crippen MR) is 80.6 cm³/mol. The standard InChI is InChI=1S/C13H18F2N2O2S.ClH/c1-7-5-10(19-13(14)15)11(20-7)12(18)17-9-4-2-3-8(9)6-16;/h5,8-9,13H,2-4,6,16H2,1H3,(H,17,18);1H. The lowest BCUT2D eigenvalue weighted by Crippen LogP contribution is -2.39. The fourth-order valence-electron chi connectivity index (χ4n) is 2.58. The van der Waals surface area contributed by atoms with Crippen LogP contribution < -0.4 is 15.8 Å². The molecular weight excluding hydrogens is 322 g/mol. The minimum absolute atomic E-state index is 0. The first-order chi connectivity index (χ1) is 9.51. The van der Waals surface area contributed by atoms with Crippen molar-refractivity contribution in [2.45, 2.75) is 38.8 Å². The van der Waals surface area contributed by atoms with E-state index in [0.29, 0.717) is 6.54 Å². The molecule has 1 aliphatic carbocycles. The first-order valence-corrected chi connectivity index (χ1v) is 7.39. The van der Waals surface area contributed by atoms with Crippen molar-refractivity contribution in [1.29, 1.82) is 0 Å². The van der Waals surface area contributed by atoms with Crippen LogP contribution in [0.2, 0.25) is 0 Å². The summed E-state index contributed by atoms with van der Waals surface area (Å²) in [6, 6.07) is 1.48. The molecule has 0 saturated heterocycles. The van der Waals surface area contributed by atoms with Crippen molar-refractivity contribution in [3.63, 3.8) is 0 Å². The van der Waals surface area contributed by atoms with Crippen molar-refractivity contribution in [3.8, 4) is 5.75 Å². The Bertz CT molecular complexity index is 485.